The van der Waals surface area contributed by atoms with Crippen LogP contribution in [0.25, 0.3) is 33.2 Å². The van der Waals surface area contributed by atoms with Crippen LogP contribution in [0.4, 0.5) is 0 Å². The summed E-state index contributed by atoms with van der Waals surface area (Å²) in [6, 6.07) is 20.5. The van der Waals surface area contributed by atoms with Crippen LogP contribution < -0.4 is 33.0 Å². The number of carbonyl (C=O) groups excluding carboxylic acids is 1. The van der Waals surface area contributed by atoms with E-state index < -0.39 is 0 Å². The molecule has 0 aliphatic carbocycles. The SMILES string of the molecule is C=CCc1ccc(OC)c(-c2ccc(OCCCCCCOC(=O)Cc3c4[n+](cc5c(OC)c(OC)ccc35)CCc3cc5c(cc3-4)OCO5)c(CC=C)c2)c1. The van der Waals surface area contributed by atoms with E-state index in [9.17, 15) is 4.79 Å². The van der Waals surface area contributed by atoms with E-state index >= 15 is 0 Å². The molecular formula is C47H50NO8+. The van der Waals surface area contributed by atoms with E-state index in [0.29, 0.717) is 36.9 Å². The summed E-state index contributed by atoms with van der Waals surface area (Å²) in [5.74, 6) is 4.16. The minimum absolute atomic E-state index is 0.114. The van der Waals surface area contributed by atoms with Crippen LogP contribution in [0, 0.1) is 0 Å². The van der Waals surface area contributed by atoms with Gasteiger partial charge in [-0.2, -0.15) is 4.57 Å². The molecule has 0 atom stereocenters. The van der Waals surface area contributed by atoms with E-state index in [1.54, 1.807) is 21.3 Å². The second-order valence-corrected chi connectivity index (χ2v) is 14.0. The number of rotatable bonds is 18. The Hall–Kier alpha value is -5.96. The van der Waals surface area contributed by atoms with Gasteiger partial charge in [-0.15, -0.1) is 13.2 Å². The predicted octanol–water partition coefficient (Wildman–Crippen LogP) is 8.95. The van der Waals surface area contributed by atoms with Crippen molar-refractivity contribution in [2.75, 3.05) is 41.3 Å². The van der Waals surface area contributed by atoms with Gasteiger partial charge in [0.1, 0.15) is 11.5 Å². The van der Waals surface area contributed by atoms with Gasteiger partial charge in [-0.3, -0.25) is 4.79 Å². The number of ether oxygens (including phenoxy) is 7. The van der Waals surface area contributed by atoms with Gasteiger partial charge in [-0.05, 0) is 109 Å². The Morgan fingerprint density at radius 3 is 2.29 bits per heavy atom. The zero-order chi connectivity index (χ0) is 39.0. The maximum absolute atomic E-state index is 13.5. The third kappa shape index (κ3) is 8.03. The summed E-state index contributed by atoms with van der Waals surface area (Å²) in [6.07, 6.45) is 11.9. The van der Waals surface area contributed by atoms with Crippen molar-refractivity contribution in [2.24, 2.45) is 0 Å². The van der Waals surface area contributed by atoms with E-state index in [-0.39, 0.29) is 19.2 Å². The summed E-state index contributed by atoms with van der Waals surface area (Å²) >= 11 is 0. The molecule has 0 unspecified atom stereocenters. The van der Waals surface area contributed by atoms with Gasteiger partial charge >= 0.3 is 5.97 Å². The molecule has 0 saturated heterocycles. The molecule has 7 rings (SSSR count). The zero-order valence-corrected chi connectivity index (χ0v) is 32.6. The molecule has 0 bridgehead atoms. The Bertz CT molecular complexity index is 2260. The summed E-state index contributed by atoms with van der Waals surface area (Å²) in [7, 11) is 4.96. The van der Waals surface area contributed by atoms with Crippen LogP contribution in [0.3, 0.4) is 0 Å². The number of methoxy groups -OCH3 is 3. The molecule has 5 aromatic rings. The van der Waals surface area contributed by atoms with Crippen LogP contribution in [0.2, 0.25) is 0 Å². The van der Waals surface area contributed by atoms with Crippen molar-refractivity contribution in [1.82, 2.24) is 0 Å². The monoisotopic (exact) mass is 756 g/mol. The van der Waals surface area contributed by atoms with Crippen LogP contribution in [-0.4, -0.2) is 47.3 Å². The molecule has 290 valence electrons. The number of esters is 1. The molecule has 3 heterocycles. The van der Waals surface area contributed by atoms with E-state index in [2.05, 4.69) is 54.3 Å². The number of aryl methyl sites for hydroxylation is 2. The Balaban J connectivity index is 0.962. The molecule has 56 heavy (non-hydrogen) atoms. The smallest absolute Gasteiger partial charge is 0.310 e. The minimum Gasteiger partial charge on any atom is -0.496 e. The van der Waals surface area contributed by atoms with Gasteiger partial charge in [0.25, 0.3) is 0 Å². The topological polar surface area (TPSA) is 85.6 Å². The van der Waals surface area contributed by atoms with Gasteiger partial charge in [-0.1, -0.05) is 24.3 Å². The molecule has 2 aliphatic heterocycles. The maximum Gasteiger partial charge on any atom is 0.310 e. The summed E-state index contributed by atoms with van der Waals surface area (Å²) in [5, 5.41) is 1.80. The number of allylic oxidation sites excluding steroid dienone is 2. The van der Waals surface area contributed by atoms with Gasteiger partial charge in [0.15, 0.2) is 35.7 Å². The first-order chi connectivity index (χ1) is 27.5. The third-order valence-corrected chi connectivity index (χ3v) is 10.5. The normalized spacial score (nSPS) is 12.4. The first-order valence-electron chi connectivity index (χ1n) is 19.3. The highest BCUT2D eigenvalue weighted by atomic mass is 16.7. The van der Waals surface area contributed by atoms with Gasteiger partial charge in [0.2, 0.25) is 12.5 Å². The molecule has 1 aromatic heterocycles. The number of aromatic nitrogens is 1. The number of hydrogen-bond donors (Lipinski definition) is 0. The lowest BCUT2D eigenvalue weighted by atomic mass is 9.90. The summed E-state index contributed by atoms with van der Waals surface area (Å²) in [4.78, 5) is 13.5. The maximum atomic E-state index is 13.5. The number of unbranched alkanes of at least 4 members (excludes halogenated alkanes) is 3. The second kappa shape index (κ2) is 17.7. The molecule has 9 nitrogen and oxygen atoms in total. The molecule has 0 amide bonds. The van der Waals surface area contributed by atoms with Crippen molar-refractivity contribution in [3.8, 4) is 56.9 Å². The van der Waals surface area contributed by atoms with E-state index in [1.165, 1.54) is 5.56 Å². The molecule has 0 fully saturated rings. The molecular weight excluding hydrogens is 707 g/mol. The van der Waals surface area contributed by atoms with Crippen LogP contribution >= 0.6 is 0 Å². The second-order valence-electron chi connectivity index (χ2n) is 14.0. The molecule has 0 N–H and O–H groups in total. The molecule has 2 aliphatic rings. The zero-order valence-electron chi connectivity index (χ0n) is 32.6. The summed E-state index contributed by atoms with van der Waals surface area (Å²) in [5.41, 5.74) is 8.43. The Kier molecular flexibility index (Phi) is 12.1. The van der Waals surface area contributed by atoms with Crippen LogP contribution in [0.1, 0.15) is 47.9 Å². The van der Waals surface area contributed by atoms with Crippen molar-refractivity contribution in [1.29, 1.82) is 0 Å². The first kappa shape index (κ1) is 38.3. The molecule has 0 spiro atoms. The van der Waals surface area contributed by atoms with Gasteiger partial charge < -0.3 is 33.2 Å². The average molecular weight is 757 g/mol. The van der Waals surface area contributed by atoms with Crippen molar-refractivity contribution < 1.29 is 42.5 Å². The predicted molar refractivity (Wildman–Crippen MR) is 217 cm³/mol. The van der Waals surface area contributed by atoms with Crippen molar-refractivity contribution in [3.63, 3.8) is 0 Å². The highest BCUT2D eigenvalue weighted by molar-refractivity contribution is 5.97. The average Bonchev–Trinajstić information content (AvgIpc) is 3.68. The largest absolute Gasteiger partial charge is 0.496 e. The molecule has 9 heteroatoms. The number of nitrogens with zero attached hydrogens (tertiary/aromatic N) is 1. The summed E-state index contributed by atoms with van der Waals surface area (Å²) < 4.78 is 42.9. The van der Waals surface area contributed by atoms with Gasteiger partial charge in [-0.25, -0.2) is 0 Å². The number of benzene rings is 4. The lowest BCUT2D eigenvalue weighted by Gasteiger charge is -2.20. The van der Waals surface area contributed by atoms with Crippen LogP contribution in [0.15, 0.2) is 92.2 Å². The van der Waals surface area contributed by atoms with Gasteiger partial charge in [0.05, 0.1) is 51.9 Å². The Morgan fingerprint density at radius 1 is 0.768 bits per heavy atom. The molecule has 0 radical (unpaired) electrons. The number of carbonyl (C=O) groups is 1. The number of pyridine rings is 1. The van der Waals surface area contributed by atoms with Crippen molar-refractivity contribution in [3.05, 3.63) is 114 Å². The minimum atomic E-state index is -0.269. The number of fused-ring (bicyclic) bond motifs is 5. The van der Waals surface area contributed by atoms with E-state index in [4.69, 9.17) is 33.2 Å². The number of hydrogen-bond acceptors (Lipinski definition) is 8. The van der Waals surface area contributed by atoms with Crippen molar-refractivity contribution >= 4 is 16.7 Å². The van der Waals surface area contributed by atoms with E-state index in [0.717, 1.165) is 112 Å². The summed E-state index contributed by atoms with van der Waals surface area (Å²) in [6.45, 7) is 9.74. The lowest BCUT2D eigenvalue weighted by Crippen LogP contribution is -2.41. The Morgan fingerprint density at radius 2 is 1.52 bits per heavy atom. The fourth-order valence-corrected chi connectivity index (χ4v) is 7.79. The van der Waals surface area contributed by atoms with Crippen LogP contribution in [-0.2, 0) is 41.8 Å². The Labute approximate surface area is 329 Å². The highest BCUT2D eigenvalue weighted by Gasteiger charge is 2.33. The molecule has 0 saturated carbocycles. The quantitative estimate of drug-likeness (QED) is 0.0379. The fourth-order valence-electron chi connectivity index (χ4n) is 7.79. The molecule has 4 aromatic carbocycles. The van der Waals surface area contributed by atoms with Crippen LogP contribution in [0.5, 0.6) is 34.5 Å². The van der Waals surface area contributed by atoms with Crippen molar-refractivity contribution in [2.45, 2.75) is 57.9 Å². The van der Waals surface area contributed by atoms with E-state index in [1.807, 2.05) is 42.5 Å². The highest BCUT2D eigenvalue weighted by Crippen LogP contribution is 2.44. The first-order valence-corrected chi connectivity index (χ1v) is 19.3. The van der Waals surface area contributed by atoms with Gasteiger partial charge in [0, 0.05) is 22.9 Å². The fraction of sp³-hybridized carbons (Fsp3) is 0.319. The standard InChI is InChI=1S/C47H50NO8/c1-6-12-31-14-17-41(50-3)36(24-31)32-15-18-40(34(25-32)13-7-2)53-22-10-8-9-11-23-54-45(49)28-38-35-16-19-42(51-4)47(52-5)39(35)29-48-21-20-33-26-43-44(56-30-55-43)27-37(33)46(38)48/h6-7,14-19,24-27,29H,1-2,8-13,20-23,28,30H2,3-5H3/q+1. The lowest BCUT2D eigenvalue weighted by molar-refractivity contribution is -0.686. The third-order valence-electron chi connectivity index (χ3n) is 10.5.